The molecule has 1 amide bonds. The van der Waals surface area contributed by atoms with Crippen LogP contribution in [0.2, 0.25) is 0 Å². The predicted octanol–water partition coefficient (Wildman–Crippen LogP) is 5.39. The Bertz CT molecular complexity index is 1470. The minimum absolute atomic E-state index is 0.0289. The molecule has 1 fully saturated rings. The summed E-state index contributed by atoms with van der Waals surface area (Å²) < 4.78 is 34.6. The van der Waals surface area contributed by atoms with E-state index in [0.29, 0.717) is 24.5 Å². The van der Waals surface area contributed by atoms with Crippen molar-refractivity contribution < 1.29 is 18.3 Å². The summed E-state index contributed by atoms with van der Waals surface area (Å²) in [5, 5.41) is 0.847. The standard InChI is InChI=1S/C27H30F2N6O2/c1-16-12-33(13-17(2)35(16)26(36)37-27(3,4)5)21-6-7-23-18(8-21)11-30-24(32-23)19-9-22(29)25-31-20(10-28)15-34(25)14-19/h6-9,11,14-17H,10,12-13H2,1-5H3/t16-,17+. The topological polar surface area (TPSA) is 75.9 Å². The van der Waals surface area contributed by atoms with E-state index in [0.717, 1.165) is 16.6 Å². The summed E-state index contributed by atoms with van der Waals surface area (Å²) in [6.07, 6.45) is 4.53. The molecule has 0 radical (unpaired) electrons. The zero-order chi connectivity index (χ0) is 26.5. The number of benzene rings is 1. The van der Waals surface area contributed by atoms with Gasteiger partial charge in [0, 0.05) is 48.3 Å². The van der Waals surface area contributed by atoms with E-state index in [1.165, 1.54) is 16.7 Å². The van der Waals surface area contributed by atoms with Crippen LogP contribution in [0.5, 0.6) is 0 Å². The lowest BCUT2D eigenvalue weighted by Crippen LogP contribution is -2.59. The molecule has 1 saturated heterocycles. The highest BCUT2D eigenvalue weighted by atomic mass is 19.1. The second kappa shape index (κ2) is 9.24. The van der Waals surface area contributed by atoms with Crippen LogP contribution < -0.4 is 4.90 Å². The highest BCUT2D eigenvalue weighted by Gasteiger charge is 2.35. The molecule has 4 aromatic rings. The number of nitrogens with zero attached hydrogens (tertiary/aromatic N) is 6. The van der Waals surface area contributed by atoms with Gasteiger partial charge in [0.05, 0.1) is 23.3 Å². The van der Waals surface area contributed by atoms with Crippen LogP contribution in [0.15, 0.2) is 42.9 Å². The summed E-state index contributed by atoms with van der Waals surface area (Å²) in [6, 6.07) is 7.19. The Labute approximate surface area is 213 Å². The predicted molar refractivity (Wildman–Crippen MR) is 138 cm³/mol. The summed E-state index contributed by atoms with van der Waals surface area (Å²) in [6.45, 7) is 10.2. The van der Waals surface area contributed by atoms with Crippen LogP contribution in [0.4, 0.5) is 19.3 Å². The Morgan fingerprint density at radius 3 is 2.51 bits per heavy atom. The van der Waals surface area contributed by atoms with Crippen LogP contribution in [-0.2, 0) is 11.4 Å². The van der Waals surface area contributed by atoms with Crippen LogP contribution in [0.25, 0.3) is 27.9 Å². The lowest BCUT2D eigenvalue weighted by Gasteiger charge is -2.45. The van der Waals surface area contributed by atoms with E-state index in [2.05, 4.69) is 19.9 Å². The van der Waals surface area contributed by atoms with Crippen molar-refractivity contribution in [1.29, 1.82) is 0 Å². The average Bonchev–Trinajstić information content (AvgIpc) is 3.26. The van der Waals surface area contributed by atoms with Gasteiger partial charge in [-0.2, -0.15) is 0 Å². The third-order valence-corrected chi connectivity index (χ3v) is 6.40. The molecule has 5 rings (SSSR count). The molecule has 1 aromatic carbocycles. The number of imidazole rings is 1. The summed E-state index contributed by atoms with van der Waals surface area (Å²) in [5.41, 5.74) is 1.89. The zero-order valence-corrected chi connectivity index (χ0v) is 21.6. The lowest BCUT2D eigenvalue weighted by atomic mass is 10.1. The molecule has 1 aliphatic heterocycles. The third kappa shape index (κ3) is 4.92. The van der Waals surface area contributed by atoms with Gasteiger partial charge in [0.2, 0.25) is 0 Å². The number of carbonyl (C=O) groups excluding carboxylic acids is 1. The minimum Gasteiger partial charge on any atom is -0.444 e. The van der Waals surface area contributed by atoms with E-state index >= 15 is 0 Å². The van der Waals surface area contributed by atoms with Crippen molar-refractivity contribution in [3.8, 4) is 11.4 Å². The lowest BCUT2D eigenvalue weighted by molar-refractivity contribution is 0.00566. The van der Waals surface area contributed by atoms with E-state index in [1.54, 1.807) is 12.4 Å². The SMILES string of the molecule is C[C@@H]1CN(c2ccc3nc(-c4cc(F)c5nc(CF)cn5c4)ncc3c2)C[C@H](C)N1C(=O)OC(C)(C)C. The number of halogens is 2. The first-order valence-electron chi connectivity index (χ1n) is 12.3. The zero-order valence-electron chi connectivity index (χ0n) is 21.6. The number of piperazine rings is 1. The summed E-state index contributed by atoms with van der Waals surface area (Å²) in [5.74, 6) is -0.199. The maximum absolute atomic E-state index is 14.6. The fourth-order valence-corrected chi connectivity index (χ4v) is 4.86. The number of aromatic nitrogens is 4. The van der Waals surface area contributed by atoms with Crippen molar-refractivity contribution in [1.82, 2.24) is 24.3 Å². The molecule has 10 heteroatoms. The molecule has 1 aliphatic rings. The van der Waals surface area contributed by atoms with Gasteiger partial charge in [0.1, 0.15) is 12.3 Å². The van der Waals surface area contributed by atoms with Gasteiger partial charge in [0.15, 0.2) is 17.3 Å². The first kappa shape index (κ1) is 24.9. The number of pyridine rings is 1. The van der Waals surface area contributed by atoms with E-state index in [-0.39, 0.29) is 29.5 Å². The molecule has 0 saturated carbocycles. The van der Waals surface area contributed by atoms with Gasteiger partial charge in [-0.25, -0.2) is 28.5 Å². The molecule has 0 N–H and O–H groups in total. The van der Waals surface area contributed by atoms with Crippen LogP contribution in [0, 0.1) is 5.82 Å². The van der Waals surface area contributed by atoms with Crippen molar-refractivity contribution in [3.05, 3.63) is 54.4 Å². The van der Waals surface area contributed by atoms with Gasteiger partial charge in [-0.05, 0) is 58.9 Å². The molecule has 0 spiro atoms. The van der Waals surface area contributed by atoms with Crippen molar-refractivity contribution in [3.63, 3.8) is 0 Å². The van der Waals surface area contributed by atoms with Crippen LogP contribution in [0.3, 0.4) is 0 Å². The average molecular weight is 509 g/mol. The molecule has 0 bridgehead atoms. The van der Waals surface area contributed by atoms with Crippen molar-refractivity contribution in [2.75, 3.05) is 18.0 Å². The molecule has 37 heavy (non-hydrogen) atoms. The molecule has 194 valence electrons. The molecule has 4 heterocycles. The highest BCUT2D eigenvalue weighted by Crippen LogP contribution is 2.28. The molecule has 3 aromatic heterocycles. The Morgan fingerprint density at radius 1 is 1.11 bits per heavy atom. The van der Waals surface area contributed by atoms with Gasteiger partial charge < -0.3 is 14.0 Å². The summed E-state index contributed by atoms with van der Waals surface area (Å²) in [7, 11) is 0. The summed E-state index contributed by atoms with van der Waals surface area (Å²) in [4.78, 5) is 29.8. The number of carbonyl (C=O) groups is 1. The number of alkyl halides is 1. The van der Waals surface area contributed by atoms with Gasteiger partial charge in [0.25, 0.3) is 0 Å². The summed E-state index contributed by atoms with van der Waals surface area (Å²) >= 11 is 0. The van der Waals surface area contributed by atoms with E-state index in [9.17, 15) is 13.6 Å². The van der Waals surface area contributed by atoms with E-state index in [4.69, 9.17) is 4.74 Å². The smallest absolute Gasteiger partial charge is 0.410 e. The molecule has 2 atom stereocenters. The Morgan fingerprint density at radius 2 is 1.84 bits per heavy atom. The normalized spacial score (nSPS) is 18.6. The molecular weight excluding hydrogens is 478 g/mol. The number of ether oxygens (including phenoxy) is 1. The monoisotopic (exact) mass is 508 g/mol. The number of hydrogen-bond acceptors (Lipinski definition) is 6. The second-order valence-electron chi connectivity index (χ2n) is 10.6. The third-order valence-electron chi connectivity index (χ3n) is 6.40. The van der Waals surface area contributed by atoms with Crippen molar-refractivity contribution in [2.24, 2.45) is 0 Å². The minimum atomic E-state index is -0.765. The maximum atomic E-state index is 14.6. The van der Waals surface area contributed by atoms with Gasteiger partial charge in [-0.3, -0.25) is 4.90 Å². The highest BCUT2D eigenvalue weighted by molar-refractivity contribution is 5.83. The fourth-order valence-electron chi connectivity index (χ4n) is 4.86. The van der Waals surface area contributed by atoms with Crippen LogP contribution in [0.1, 0.15) is 40.3 Å². The maximum Gasteiger partial charge on any atom is 0.410 e. The Kier molecular flexibility index (Phi) is 6.21. The van der Waals surface area contributed by atoms with E-state index in [1.807, 2.05) is 57.7 Å². The van der Waals surface area contributed by atoms with Crippen LogP contribution >= 0.6 is 0 Å². The van der Waals surface area contributed by atoms with E-state index < -0.39 is 18.1 Å². The molecule has 8 nitrogen and oxygen atoms in total. The van der Waals surface area contributed by atoms with Crippen molar-refractivity contribution >= 4 is 28.3 Å². The second-order valence-corrected chi connectivity index (χ2v) is 10.6. The fraction of sp³-hybridized carbons (Fsp3) is 0.407. The molecule has 0 aliphatic carbocycles. The quantitative estimate of drug-likeness (QED) is 0.370. The molecular formula is C27H30F2N6O2. The largest absolute Gasteiger partial charge is 0.444 e. The number of fused-ring (bicyclic) bond motifs is 2. The molecule has 0 unspecified atom stereocenters. The first-order valence-corrected chi connectivity index (χ1v) is 12.3. The van der Waals surface area contributed by atoms with Crippen LogP contribution in [-0.4, -0.2) is 61.1 Å². The van der Waals surface area contributed by atoms with Gasteiger partial charge in [-0.1, -0.05) is 0 Å². The number of hydrogen-bond donors (Lipinski definition) is 0. The van der Waals surface area contributed by atoms with Crippen molar-refractivity contribution in [2.45, 2.75) is 59.0 Å². The number of anilines is 1. The Balaban J connectivity index is 1.38. The van der Waals surface area contributed by atoms with Gasteiger partial charge in [-0.15, -0.1) is 0 Å². The van der Waals surface area contributed by atoms with Gasteiger partial charge >= 0.3 is 6.09 Å². The number of amides is 1. The Hall–Kier alpha value is -3.82. The number of rotatable bonds is 3. The first-order chi connectivity index (χ1) is 17.5.